The molecule has 3 rings (SSSR count). The Morgan fingerprint density at radius 1 is 1.24 bits per heavy atom. The summed E-state index contributed by atoms with van der Waals surface area (Å²) in [6.45, 7) is 8.33. The van der Waals surface area contributed by atoms with Crippen LogP contribution >= 0.6 is 7.60 Å². The average molecular weight is 487 g/mol. The van der Waals surface area contributed by atoms with Crippen molar-refractivity contribution in [3.8, 4) is 0 Å². The van der Waals surface area contributed by atoms with Gasteiger partial charge in [-0.1, -0.05) is 20.8 Å². The van der Waals surface area contributed by atoms with E-state index in [1.165, 1.54) is 6.20 Å². The summed E-state index contributed by atoms with van der Waals surface area (Å²) in [6, 6.07) is 1.79. The number of aromatic amines is 1. The Kier molecular flexibility index (Phi) is 7.27. The van der Waals surface area contributed by atoms with Gasteiger partial charge in [0.2, 0.25) is 0 Å². The molecular weight excluding hydrogens is 453 g/mol. The predicted molar refractivity (Wildman–Crippen MR) is 121 cm³/mol. The van der Waals surface area contributed by atoms with Gasteiger partial charge in [-0.05, 0) is 39.2 Å². The Morgan fingerprint density at radius 3 is 2.45 bits per heavy atom. The van der Waals surface area contributed by atoms with Crippen LogP contribution in [-0.2, 0) is 13.8 Å². The van der Waals surface area contributed by atoms with Gasteiger partial charge < -0.3 is 34.5 Å². The Morgan fingerprint density at radius 2 is 1.88 bits per heavy atom. The molecule has 6 atom stereocenters. The minimum Gasteiger partial charge on any atom is -0.388 e. The fourth-order valence-electron chi connectivity index (χ4n) is 4.16. The zero-order valence-corrected chi connectivity index (χ0v) is 20.5. The van der Waals surface area contributed by atoms with E-state index in [0.717, 1.165) is 10.3 Å². The second-order valence-corrected chi connectivity index (χ2v) is 11.1. The van der Waals surface area contributed by atoms with Crippen LogP contribution in [-0.4, -0.2) is 64.0 Å². The first-order chi connectivity index (χ1) is 15.3. The molecule has 0 aliphatic carbocycles. The zero-order chi connectivity index (χ0) is 24.8. The third-order valence-electron chi connectivity index (χ3n) is 6.66. The van der Waals surface area contributed by atoms with Crippen molar-refractivity contribution >= 4 is 18.6 Å². The van der Waals surface area contributed by atoms with Gasteiger partial charge in [0.15, 0.2) is 11.6 Å². The smallest absolute Gasteiger partial charge is 0.359 e. The number of rotatable bonds is 9. The number of hydrogen-bond donors (Lipinski definition) is 5. The fraction of sp³-hybridized carbons (Fsp3) is 0.714. The lowest BCUT2D eigenvalue weighted by molar-refractivity contribution is -0.0719. The van der Waals surface area contributed by atoms with E-state index in [2.05, 4.69) is 9.97 Å². The summed E-state index contributed by atoms with van der Waals surface area (Å²) in [5.41, 5.74) is -0.702. The van der Waals surface area contributed by atoms with Gasteiger partial charge in [-0.3, -0.25) is 9.13 Å². The number of ether oxygens (including phenoxy) is 1. The maximum Gasteiger partial charge on any atom is 0.359 e. The maximum absolute atomic E-state index is 12.9. The number of aryl methyl sites for hydroxylation is 1. The number of nitrogens with one attached hydrogen (secondary N) is 1. The molecule has 0 bridgehead atoms. The van der Waals surface area contributed by atoms with Gasteiger partial charge in [0.05, 0.1) is 11.7 Å². The van der Waals surface area contributed by atoms with E-state index in [4.69, 9.17) is 9.26 Å². The second-order valence-electron chi connectivity index (χ2n) is 9.04. The number of aromatic nitrogens is 3. The molecule has 1 aliphatic heterocycles. The maximum atomic E-state index is 12.9. The number of H-pyrrole nitrogens is 1. The first kappa shape index (κ1) is 26.0. The Balaban J connectivity index is 1.85. The first-order valence-corrected chi connectivity index (χ1v) is 12.7. The molecule has 0 saturated carbocycles. The van der Waals surface area contributed by atoms with Crippen LogP contribution in [0.5, 0.6) is 0 Å². The lowest BCUT2D eigenvalue weighted by Gasteiger charge is -2.38. The van der Waals surface area contributed by atoms with E-state index in [-0.39, 0.29) is 25.7 Å². The van der Waals surface area contributed by atoms with Crippen molar-refractivity contribution in [1.82, 2.24) is 14.5 Å². The van der Waals surface area contributed by atoms with Crippen molar-refractivity contribution < 1.29 is 34.0 Å². The molecule has 0 spiro atoms. The third kappa shape index (κ3) is 4.81. The highest BCUT2D eigenvalue weighted by atomic mass is 31.2. The van der Waals surface area contributed by atoms with E-state index in [1.54, 1.807) is 33.8 Å². The zero-order valence-electron chi connectivity index (χ0n) is 19.6. The summed E-state index contributed by atoms with van der Waals surface area (Å²) in [5.74, 6) is 0. The van der Waals surface area contributed by atoms with Crippen LogP contribution in [0.25, 0.3) is 11.0 Å². The van der Waals surface area contributed by atoms with Crippen LogP contribution in [0.1, 0.15) is 65.3 Å². The molecule has 0 amide bonds. The van der Waals surface area contributed by atoms with Crippen molar-refractivity contribution in [1.29, 1.82) is 0 Å². The van der Waals surface area contributed by atoms with Crippen molar-refractivity contribution in [3.05, 3.63) is 28.4 Å². The molecule has 2 aromatic rings. The Hall–Kier alpha value is -1.59. The number of aliphatic hydroxyl groups excluding tert-OH is 2. The average Bonchev–Trinajstić information content (AvgIpc) is 3.24. The van der Waals surface area contributed by atoms with Gasteiger partial charge in [-0.25, -0.2) is 4.79 Å². The molecule has 1 fully saturated rings. The van der Waals surface area contributed by atoms with Crippen LogP contribution < -0.4 is 5.69 Å². The first-order valence-electron chi connectivity index (χ1n) is 11.2. The fourth-order valence-corrected chi connectivity index (χ4v) is 5.93. The minimum atomic E-state index is -4.46. The molecule has 11 nitrogen and oxygen atoms in total. The standard InChI is InChI=1S/C21H34N3O8P/c1-6-20(5,32-33(29,30)21(28,7-2)8-3)10-14-15(25)16(26)18(31-14)24-11-13-9-12(4)22-17(13)23-19(24)27/h9,11,14-16,18,25-26,28H,6-8,10H2,1-5H3,(H,29,30)(H,22,23,27)/t14-,15-,16-,18-,20?/m1/s1. The van der Waals surface area contributed by atoms with E-state index in [9.17, 15) is 29.6 Å². The lowest BCUT2D eigenvalue weighted by Crippen LogP contribution is -2.40. The summed E-state index contributed by atoms with van der Waals surface area (Å²) in [6.07, 6.45) is -3.25. The van der Waals surface area contributed by atoms with Crippen LogP contribution in [0.3, 0.4) is 0 Å². The molecular formula is C21H34N3O8P. The summed E-state index contributed by atoms with van der Waals surface area (Å²) >= 11 is 0. The van der Waals surface area contributed by atoms with Gasteiger partial charge in [0.25, 0.3) is 0 Å². The molecule has 0 aromatic carbocycles. The van der Waals surface area contributed by atoms with Crippen molar-refractivity contribution in [2.75, 3.05) is 0 Å². The summed E-state index contributed by atoms with van der Waals surface area (Å²) in [4.78, 5) is 30.0. The monoisotopic (exact) mass is 487 g/mol. The number of hydrogen-bond acceptors (Lipinski definition) is 8. The summed E-state index contributed by atoms with van der Waals surface area (Å²) < 4.78 is 25.5. The van der Waals surface area contributed by atoms with Crippen molar-refractivity contribution in [2.45, 2.75) is 95.8 Å². The molecule has 1 aliphatic rings. The normalized spacial score (nSPS) is 27.5. The molecule has 33 heavy (non-hydrogen) atoms. The molecule has 0 radical (unpaired) electrons. The van der Waals surface area contributed by atoms with Crippen molar-refractivity contribution in [2.24, 2.45) is 0 Å². The highest BCUT2D eigenvalue weighted by Crippen LogP contribution is 2.60. The van der Waals surface area contributed by atoms with Gasteiger partial charge in [0.1, 0.15) is 17.9 Å². The SMILES string of the molecule is CCC(C)(C[C@H]1O[C@@H](n2cc3cc(C)[nH]c3nc2=O)[C@H](O)[C@@H]1O)OP(=O)(O)C(O)(CC)CC. The third-order valence-corrected chi connectivity index (χ3v) is 9.04. The quantitative estimate of drug-likeness (QED) is 0.332. The molecule has 2 aromatic heterocycles. The van der Waals surface area contributed by atoms with Crippen LogP contribution in [0.4, 0.5) is 0 Å². The van der Waals surface area contributed by atoms with Crippen LogP contribution in [0.15, 0.2) is 17.1 Å². The van der Waals surface area contributed by atoms with Gasteiger partial charge in [-0.15, -0.1) is 0 Å². The predicted octanol–water partition coefficient (Wildman–Crippen LogP) is 1.92. The van der Waals surface area contributed by atoms with Gasteiger partial charge >= 0.3 is 13.3 Å². The number of aliphatic hydroxyl groups is 3. The molecule has 1 saturated heterocycles. The molecule has 2 unspecified atom stereocenters. The molecule has 3 heterocycles. The van der Waals surface area contributed by atoms with E-state index in [0.29, 0.717) is 11.0 Å². The minimum absolute atomic E-state index is 0.0252. The Bertz CT molecular complexity index is 1100. The number of nitrogens with zero attached hydrogens (tertiary/aromatic N) is 2. The van der Waals surface area contributed by atoms with Crippen LogP contribution in [0.2, 0.25) is 0 Å². The summed E-state index contributed by atoms with van der Waals surface area (Å²) in [5, 5.41) is 30.6. The highest BCUT2D eigenvalue weighted by molar-refractivity contribution is 7.54. The lowest BCUT2D eigenvalue weighted by atomic mass is 9.93. The molecule has 12 heteroatoms. The van der Waals surface area contributed by atoms with Crippen molar-refractivity contribution in [3.63, 3.8) is 0 Å². The number of fused-ring (bicyclic) bond motifs is 1. The van der Waals surface area contributed by atoms with E-state index < -0.39 is 48.8 Å². The van der Waals surface area contributed by atoms with Gasteiger partial charge in [0, 0.05) is 23.7 Å². The van der Waals surface area contributed by atoms with Crippen LogP contribution in [0, 0.1) is 6.92 Å². The van der Waals surface area contributed by atoms with E-state index in [1.807, 2.05) is 6.92 Å². The second kappa shape index (κ2) is 9.22. The van der Waals surface area contributed by atoms with Gasteiger partial charge in [-0.2, -0.15) is 4.98 Å². The summed E-state index contributed by atoms with van der Waals surface area (Å²) in [7, 11) is -4.46. The topological polar surface area (TPSA) is 167 Å². The molecule has 5 N–H and O–H groups in total. The highest BCUT2D eigenvalue weighted by Gasteiger charge is 2.51. The Labute approximate surface area is 191 Å². The molecule has 186 valence electrons. The largest absolute Gasteiger partial charge is 0.388 e. The van der Waals surface area contributed by atoms with E-state index >= 15 is 0 Å².